The zero-order valence-electron chi connectivity index (χ0n) is 13.5. The van der Waals surface area contributed by atoms with Crippen molar-refractivity contribution in [2.24, 2.45) is 0 Å². The molecule has 1 N–H and O–H groups in total. The van der Waals surface area contributed by atoms with Gasteiger partial charge in [0.1, 0.15) is 0 Å². The minimum absolute atomic E-state index is 0.0805. The van der Waals surface area contributed by atoms with Crippen molar-refractivity contribution < 1.29 is 14.6 Å². The number of carbonyl (C=O) groups excluding carboxylic acids is 1. The van der Waals surface area contributed by atoms with Crippen LogP contribution in [-0.4, -0.2) is 96.9 Å². The molecule has 0 aromatic carbocycles. The predicted molar refractivity (Wildman–Crippen MR) is 83.7 cm³/mol. The van der Waals surface area contributed by atoms with E-state index in [4.69, 9.17) is 4.74 Å². The third kappa shape index (κ3) is 3.98. The molecule has 126 valence electrons. The number of hydrogen-bond acceptors (Lipinski definition) is 5. The molecule has 0 aromatic heterocycles. The lowest BCUT2D eigenvalue weighted by molar-refractivity contribution is -0.131. The fourth-order valence-electron chi connectivity index (χ4n) is 3.83. The summed E-state index contributed by atoms with van der Waals surface area (Å²) in [6.45, 7) is 6.90. The number of hydrogen-bond donors (Lipinski definition) is 1. The maximum absolute atomic E-state index is 12.5. The Kier molecular flexibility index (Phi) is 5.68. The van der Waals surface area contributed by atoms with Gasteiger partial charge in [0.15, 0.2) is 0 Å². The molecule has 0 saturated carbocycles. The third-order valence-corrected chi connectivity index (χ3v) is 5.18. The zero-order chi connectivity index (χ0) is 15.4. The number of ether oxygens (including phenoxy) is 1. The van der Waals surface area contributed by atoms with E-state index in [0.717, 1.165) is 39.4 Å². The molecule has 3 fully saturated rings. The van der Waals surface area contributed by atoms with Crippen LogP contribution in [0.5, 0.6) is 0 Å². The number of carbonyl (C=O) groups is 1. The van der Waals surface area contributed by atoms with E-state index in [9.17, 15) is 9.90 Å². The Morgan fingerprint density at radius 2 is 1.68 bits per heavy atom. The van der Waals surface area contributed by atoms with Gasteiger partial charge in [-0.1, -0.05) is 12.8 Å². The molecule has 0 radical (unpaired) electrons. The first-order chi connectivity index (χ1) is 10.7. The van der Waals surface area contributed by atoms with E-state index >= 15 is 0 Å². The first kappa shape index (κ1) is 16.2. The van der Waals surface area contributed by atoms with Crippen LogP contribution in [0, 0.1) is 0 Å². The van der Waals surface area contributed by atoms with Gasteiger partial charge in [-0.05, 0) is 25.9 Å². The molecule has 3 saturated heterocycles. The molecule has 3 aliphatic heterocycles. The SMILES string of the molecule is O=C(CN1CCCCCC1)N1C[C@@H](O)[C@H](N2CCOCC2)C1. The molecule has 0 unspecified atom stereocenters. The Labute approximate surface area is 133 Å². The van der Waals surface area contributed by atoms with Gasteiger partial charge >= 0.3 is 0 Å². The van der Waals surface area contributed by atoms with E-state index in [1.54, 1.807) is 0 Å². The van der Waals surface area contributed by atoms with Crippen molar-refractivity contribution in [3.05, 3.63) is 0 Å². The van der Waals surface area contributed by atoms with Gasteiger partial charge in [-0.15, -0.1) is 0 Å². The highest BCUT2D eigenvalue weighted by molar-refractivity contribution is 5.78. The Bertz CT molecular complexity index is 366. The van der Waals surface area contributed by atoms with E-state index in [1.807, 2.05) is 4.90 Å². The summed E-state index contributed by atoms with van der Waals surface area (Å²) >= 11 is 0. The van der Waals surface area contributed by atoms with Crippen molar-refractivity contribution in [1.82, 2.24) is 14.7 Å². The van der Waals surface area contributed by atoms with E-state index in [-0.39, 0.29) is 11.9 Å². The third-order valence-electron chi connectivity index (χ3n) is 5.18. The highest BCUT2D eigenvalue weighted by Crippen LogP contribution is 2.18. The van der Waals surface area contributed by atoms with E-state index < -0.39 is 6.10 Å². The summed E-state index contributed by atoms with van der Waals surface area (Å²) < 4.78 is 5.37. The smallest absolute Gasteiger partial charge is 0.236 e. The summed E-state index contributed by atoms with van der Waals surface area (Å²) in [4.78, 5) is 18.9. The molecule has 1 amide bonds. The molecule has 3 aliphatic rings. The molecule has 0 spiro atoms. The number of aliphatic hydroxyl groups excluding tert-OH is 1. The second kappa shape index (κ2) is 7.73. The van der Waals surface area contributed by atoms with Gasteiger partial charge in [0.25, 0.3) is 0 Å². The van der Waals surface area contributed by atoms with Gasteiger partial charge in [0.05, 0.1) is 31.9 Å². The highest BCUT2D eigenvalue weighted by atomic mass is 16.5. The van der Waals surface area contributed by atoms with Crippen molar-refractivity contribution in [2.45, 2.75) is 37.8 Å². The summed E-state index contributed by atoms with van der Waals surface area (Å²) in [6, 6.07) is 0.0805. The molecule has 6 nitrogen and oxygen atoms in total. The Morgan fingerprint density at radius 3 is 2.36 bits per heavy atom. The van der Waals surface area contributed by atoms with Crippen molar-refractivity contribution >= 4 is 5.91 Å². The molecule has 3 heterocycles. The van der Waals surface area contributed by atoms with Crippen LogP contribution in [0.15, 0.2) is 0 Å². The van der Waals surface area contributed by atoms with Gasteiger partial charge in [0.2, 0.25) is 5.91 Å². The Morgan fingerprint density at radius 1 is 1.00 bits per heavy atom. The number of rotatable bonds is 3. The molecule has 0 bridgehead atoms. The molecule has 3 rings (SSSR count). The molecule has 0 aromatic rings. The van der Waals surface area contributed by atoms with Crippen molar-refractivity contribution in [1.29, 1.82) is 0 Å². The minimum atomic E-state index is -0.425. The second-order valence-corrected chi connectivity index (χ2v) is 6.77. The van der Waals surface area contributed by atoms with Crippen molar-refractivity contribution in [2.75, 3.05) is 59.0 Å². The lowest BCUT2D eigenvalue weighted by Gasteiger charge is -2.33. The molecule has 6 heteroatoms. The lowest BCUT2D eigenvalue weighted by Crippen LogP contribution is -2.49. The molecule has 0 aliphatic carbocycles. The van der Waals surface area contributed by atoms with Crippen LogP contribution in [0.4, 0.5) is 0 Å². The molecular formula is C16H29N3O3. The fraction of sp³-hybridized carbons (Fsp3) is 0.938. The number of likely N-dealkylation sites (tertiary alicyclic amines) is 2. The van der Waals surface area contributed by atoms with Gasteiger partial charge in [0, 0.05) is 26.2 Å². The van der Waals surface area contributed by atoms with Crippen LogP contribution in [-0.2, 0) is 9.53 Å². The first-order valence-electron chi connectivity index (χ1n) is 8.74. The van der Waals surface area contributed by atoms with Gasteiger partial charge in [-0.3, -0.25) is 14.6 Å². The second-order valence-electron chi connectivity index (χ2n) is 6.77. The van der Waals surface area contributed by atoms with Gasteiger partial charge < -0.3 is 14.7 Å². The van der Waals surface area contributed by atoms with E-state index in [1.165, 1.54) is 25.7 Å². The highest BCUT2D eigenvalue weighted by Gasteiger charge is 2.38. The maximum Gasteiger partial charge on any atom is 0.236 e. The quantitative estimate of drug-likeness (QED) is 0.780. The van der Waals surface area contributed by atoms with Crippen molar-refractivity contribution in [3.8, 4) is 0 Å². The monoisotopic (exact) mass is 311 g/mol. The summed E-state index contributed by atoms with van der Waals surface area (Å²) in [5.41, 5.74) is 0. The van der Waals surface area contributed by atoms with Gasteiger partial charge in [-0.25, -0.2) is 0 Å². The van der Waals surface area contributed by atoms with Crippen LogP contribution in [0.1, 0.15) is 25.7 Å². The zero-order valence-corrected chi connectivity index (χ0v) is 13.5. The van der Waals surface area contributed by atoms with Crippen LogP contribution >= 0.6 is 0 Å². The minimum Gasteiger partial charge on any atom is -0.390 e. The average Bonchev–Trinajstić information content (AvgIpc) is 2.75. The molecular weight excluding hydrogens is 282 g/mol. The first-order valence-corrected chi connectivity index (χ1v) is 8.74. The lowest BCUT2D eigenvalue weighted by atomic mass is 10.2. The standard InChI is InChI=1S/C16H29N3O3/c20-15-12-19(11-14(15)18-7-9-22-10-8-18)16(21)13-17-5-3-1-2-4-6-17/h14-15,20H,1-13H2/t14-,15-/m1/s1. The summed E-state index contributed by atoms with van der Waals surface area (Å²) in [5, 5.41) is 10.3. The van der Waals surface area contributed by atoms with Crippen LogP contribution in [0.25, 0.3) is 0 Å². The number of morpholine rings is 1. The largest absolute Gasteiger partial charge is 0.390 e. The topological polar surface area (TPSA) is 56.2 Å². The van der Waals surface area contributed by atoms with Gasteiger partial charge in [-0.2, -0.15) is 0 Å². The van der Waals surface area contributed by atoms with E-state index in [0.29, 0.717) is 19.6 Å². The number of nitrogens with zero attached hydrogens (tertiary/aromatic N) is 3. The van der Waals surface area contributed by atoms with Crippen LogP contribution in [0.2, 0.25) is 0 Å². The molecule has 2 atom stereocenters. The Balaban J connectivity index is 1.50. The predicted octanol–water partition coefficient (Wildman–Crippen LogP) is -0.234. The normalized spacial score (nSPS) is 32.1. The molecule has 22 heavy (non-hydrogen) atoms. The summed E-state index contributed by atoms with van der Waals surface area (Å²) in [5.74, 6) is 0.178. The number of aliphatic hydroxyl groups is 1. The summed E-state index contributed by atoms with van der Waals surface area (Å²) in [7, 11) is 0. The van der Waals surface area contributed by atoms with Crippen LogP contribution < -0.4 is 0 Å². The number of amides is 1. The number of β-amino-alcohol motifs (C(OH)–C–C–N with tert-alkyl or cyclic N) is 1. The average molecular weight is 311 g/mol. The van der Waals surface area contributed by atoms with Crippen LogP contribution in [0.3, 0.4) is 0 Å². The Hall–Kier alpha value is -0.690. The fourth-order valence-corrected chi connectivity index (χ4v) is 3.83. The van der Waals surface area contributed by atoms with Crippen molar-refractivity contribution in [3.63, 3.8) is 0 Å². The van der Waals surface area contributed by atoms with E-state index in [2.05, 4.69) is 9.80 Å². The maximum atomic E-state index is 12.5. The summed E-state index contributed by atoms with van der Waals surface area (Å²) in [6.07, 6.45) is 4.54.